The van der Waals surface area contributed by atoms with Crippen molar-refractivity contribution in [2.45, 2.75) is 70.6 Å². The monoisotopic (exact) mass is 539 g/mol. The summed E-state index contributed by atoms with van der Waals surface area (Å²) in [6.07, 6.45) is 12.4. The average Bonchev–Trinajstić information content (AvgIpc) is 3.83. The molecule has 1 N–H and O–H groups in total. The van der Waals surface area contributed by atoms with Crippen LogP contribution in [0.3, 0.4) is 0 Å². The van der Waals surface area contributed by atoms with Gasteiger partial charge in [-0.2, -0.15) is 4.39 Å². The number of aromatic nitrogens is 1. The van der Waals surface area contributed by atoms with Gasteiger partial charge in [-0.3, -0.25) is 0 Å². The molecule has 5 rings (SSSR count). The fraction of sp³-hybridized carbons (Fsp3) is 0.469. The summed E-state index contributed by atoms with van der Waals surface area (Å²) in [5.74, 6) is 1.82. The zero-order chi connectivity index (χ0) is 27.3. The lowest BCUT2D eigenvalue weighted by Gasteiger charge is -2.25. The Labute approximate surface area is 229 Å². The highest BCUT2D eigenvalue weighted by Gasteiger charge is 2.21. The Kier molecular flexibility index (Phi) is 12.5. The quantitative estimate of drug-likeness (QED) is 0.241. The number of aryl methyl sites for hydroxylation is 2. The average molecular weight is 540 g/mol. The molecule has 2 fully saturated rings. The van der Waals surface area contributed by atoms with E-state index < -0.39 is 8.15 Å². The van der Waals surface area contributed by atoms with Gasteiger partial charge in [0.1, 0.15) is 11.5 Å². The number of halogens is 1. The van der Waals surface area contributed by atoms with E-state index in [1.807, 2.05) is 56.1 Å². The standard InChI is InChI=1S/C19H22FNO.C10H15O2P.C3H6/c1-13-8-10-17(19(20)21-13)16-11-9-15(22-2)12-18(16)14-6-4-3-5-7-14;1-12-10-5-3-4-9(8-10)6-7-13(2)11;1-2-3-1/h8-12,14H,3-7H2,1-2H3;3-5,8,11H,6-7H2,1-2H3;1-3H2. The van der Waals surface area contributed by atoms with E-state index in [9.17, 15) is 9.28 Å². The molecule has 0 saturated heterocycles. The topological polar surface area (TPSA) is 51.6 Å². The molecule has 0 aliphatic heterocycles. The van der Waals surface area contributed by atoms with Gasteiger partial charge in [-0.1, -0.05) is 56.7 Å². The zero-order valence-electron chi connectivity index (χ0n) is 23.4. The second-order valence-electron chi connectivity index (χ2n) is 10.1. The van der Waals surface area contributed by atoms with Gasteiger partial charge in [-0.05, 0) is 98.0 Å². The van der Waals surface area contributed by atoms with E-state index in [2.05, 4.69) is 17.1 Å². The molecule has 2 aliphatic rings. The molecule has 4 nitrogen and oxygen atoms in total. The zero-order valence-corrected chi connectivity index (χ0v) is 24.3. The Balaban J connectivity index is 0.000000211. The molecular weight excluding hydrogens is 496 g/mol. The van der Waals surface area contributed by atoms with Crippen LogP contribution in [0.15, 0.2) is 54.6 Å². The lowest BCUT2D eigenvalue weighted by Crippen LogP contribution is -2.07. The van der Waals surface area contributed by atoms with Gasteiger partial charge < -0.3 is 14.4 Å². The van der Waals surface area contributed by atoms with Crippen molar-refractivity contribution >= 4 is 8.15 Å². The van der Waals surface area contributed by atoms with Crippen molar-refractivity contribution in [3.63, 3.8) is 0 Å². The third-order valence-corrected chi connectivity index (χ3v) is 7.66. The number of hydrogen-bond donors (Lipinski definition) is 1. The Morgan fingerprint density at radius 3 is 2.11 bits per heavy atom. The second-order valence-corrected chi connectivity index (χ2v) is 11.9. The van der Waals surface area contributed by atoms with Crippen molar-refractivity contribution in [1.29, 1.82) is 0 Å². The molecule has 0 radical (unpaired) electrons. The molecule has 1 atom stereocenters. The van der Waals surface area contributed by atoms with Crippen LogP contribution in [0, 0.1) is 12.9 Å². The van der Waals surface area contributed by atoms with E-state index >= 15 is 0 Å². The highest BCUT2D eigenvalue weighted by atomic mass is 31.1. The van der Waals surface area contributed by atoms with Gasteiger partial charge in [0.25, 0.3) is 0 Å². The third kappa shape index (κ3) is 10.0. The van der Waals surface area contributed by atoms with Crippen molar-refractivity contribution in [2.75, 3.05) is 27.0 Å². The highest BCUT2D eigenvalue weighted by molar-refractivity contribution is 7.50. The summed E-state index contributed by atoms with van der Waals surface area (Å²) in [7, 11) is 2.56. The number of benzene rings is 2. The van der Waals surface area contributed by atoms with E-state index in [0.29, 0.717) is 17.2 Å². The first kappa shape index (κ1) is 30.1. The lowest BCUT2D eigenvalue weighted by atomic mass is 9.81. The normalized spacial score (nSPS) is 15.3. The summed E-state index contributed by atoms with van der Waals surface area (Å²) in [4.78, 5) is 13.2. The van der Waals surface area contributed by atoms with E-state index in [1.54, 1.807) is 14.2 Å². The summed E-state index contributed by atoms with van der Waals surface area (Å²) in [5, 5.41) is 0. The first-order chi connectivity index (χ1) is 18.4. The third-order valence-electron chi connectivity index (χ3n) is 6.79. The Morgan fingerprint density at radius 1 is 0.868 bits per heavy atom. The Hall–Kier alpha value is -2.49. The van der Waals surface area contributed by atoms with Crippen LogP contribution >= 0.6 is 8.15 Å². The summed E-state index contributed by atoms with van der Waals surface area (Å²) >= 11 is 0. The van der Waals surface area contributed by atoms with Crippen molar-refractivity contribution in [3.05, 3.63) is 77.4 Å². The van der Waals surface area contributed by atoms with Crippen LogP contribution in [0.5, 0.6) is 11.5 Å². The van der Waals surface area contributed by atoms with Crippen LogP contribution in [0.4, 0.5) is 4.39 Å². The maximum absolute atomic E-state index is 14.3. The molecule has 206 valence electrons. The number of ether oxygens (including phenoxy) is 2. The predicted octanol–water partition coefficient (Wildman–Crippen LogP) is 8.68. The van der Waals surface area contributed by atoms with Crippen molar-refractivity contribution < 1.29 is 18.8 Å². The van der Waals surface area contributed by atoms with Crippen molar-refractivity contribution in [2.24, 2.45) is 0 Å². The first-order valence-corrected chi connectivity index (χ1v) is 15.7. The Morgan fingerprint density at radius 2 is 1.50 bits per heavy atom. The number of pyridine rings is 1. The second kappa shape index (κ2) is 15.8. The van der Waals surface area contributed by atoms with Crippen LogP contribution < -0.4 is 9.47 Å². The molecule has 1 aromatic heterocycles. The van der Waals surface area contributed by atoms with Crippen LogP contribution in [0.2, 0.25) is 0 Å². The van der Waals surface area contributed by atoms with Gasteiger partial charge in [0.15, 0.2) is 0 Å². The summed E-state index contributed by atoms with van der Waals surface area (Å²) in [6, 6.07) is 17.6. The maximum atomic E-state index is 14.3. The van der Waals surface area contributed by atoms with Gasteiger partial charge in [-0.25, -0.2) is 4.98 Å². The first-order valence-electron chi connectivity index (χ1n) is 13.8. The smallest absolute Gasteiger partial charge is 0.220 e. The van der Waals surface area contributed by atoms with E-state index in [0.717, 1.165) is 29.6 Å². The molecule has 3 aromatic rings. The molecule has 0 amide bonds. The van der Waals surface area contributed by atoms with Gasteiger partial charge in [-0.15, -0.1) is 0 Å². The Bertz CT molecular complexity index is 1130. The minimum atomic E-state index is -0.779. The lowest BCUT2D eigenvalue weighted by molar-refractivity contribution is 0.410. The molecule has 6 heteroatoms. The summed E-state index contributed by atoms with van der Waals surface area (Å²) in [5.41, 5.74) is 4.67. The van der Waals surface area contributed by atoms with E-state index in [-0.39, 0.29) is 5.95 Å². The number of nitrogens with zero attached hydrogens (tertiary/aromatic N) is 1. The highest BCUT2D eigenvalue weighted by Crippen LogP contribution is 2.40. The molecular formula is C32H43FNO3P. The summed E-state index contributed by atoms with van der Waals surface area (Å²) in [6.45, 7) is 3.68. The molecule has 38 heavy (non-hydrogen) atoms. The van der Waals surface area contributed by atoms with Crippen LogP contribution in [-0.4, -0.2) is 36.9 Å². The van der Waals surface area contributed by atoms with E-state index in [1.165, 1.54) is 62.5 Å². The maximum Gasteiger partial charge on any atom is 0.220 e. The molecule has 1 heterocycles. The van der Waals surface area contributed by atoms with Gasteiger partial charge in [0.2, 0.25) is 5.95 Å². The summed E-state index contributed by atoms with van der Waals surface area (Å²) < 4.78 is 24.8. The van der Waals surface area contributed by atoms with Crippen LogP contribution in [0.1, 0.15) is 74.1 Å². The molecule has 2 aromatic carbocycles. The molecule has 1 unspecified atom stereocenters. The molecule has 2 saturated carbocycles. The number of methoxy groups -OCH3 is 2. The van der Waals surface area contributed by atoms with Crippen molar-refractivity contribution in [1.82, 2.24) is 4.98 Å². The molecule has 0 bridgehead atoms. The number of hydrogen-bond acceptors (Lipinski definition) is 4. The molecule has 0 spiro atoms. The van der Waals surface area contributed by atoms with Gasteiger partial charge in [0, 0.05) is 19.4 Å². The number of rotatable bonds is 7. The van der Waals surface area contributed by atoms with Crippen LogP contribution in [0.25, 0.3) is 11.1 Å². The minimum Gasteiger partial charge on any atom is -0.497 e. The minimum absolute atomic E-state index is 0.387. The van der Waals surface area contributed by atoms with E-state index in [4.69, 9.17) is 9.47 Å². The fourth-order valence-corrected chi connectivity index (χ4v) is 5.09. The van der Waals surface area contributed by atoms with Gasteiger partial charge in [0.05, 0.1) is 14.2 Å². The molecule has 2 aliphatic carbocycles. The van der Waals surface area contributed by atoms with Gasteiger partial charge >= 0.3 is 0 Å². The van der Waals surface area contributed by atoms with Crippen LogP contribution in [-0.2, 0) is 6.42 Å². The van der Waals surface area contributed by atoms with Crippen molar-refractivity contribution in [3.8, 4) is 22.6 Å². The predicted molar refractivity (Wildman–Crippen MR) is 157 cm³/mol. The fourth-order valence-electron chi connectivity index (χ4n) is 4.51. The SMILES string of the molecule is C1CC1.COc1ccc(-c2ccc(C)nc2F)c(C2CCCCC2)c1.COc1cccc(CCP(C)O)c1. The largest absolute Gasteiger partial charge is 0.497 e.